The lowest BCUT2D eigenvalue weighted by molar-refractivity contribution is 0.309. The van der Waals surface area contributed by atoms with Gasteiger partial charge in [-0.15, -0.1) is 0 Å². The summed E-state index contributed by atoms with van der Waals surface area (Å²) in [4.78, 5) is 2.34. The summed E-state index contributed by atoms with van der Waals surface area (Å²) in [5.74, 6) is 0. The van der Waals surface area contributed by atoms with Crippen molar-refractivity contribution in [2.45, 2.75) is 53.2 Å². The van der Waals surface area contributed by atoms with Crippen molar-refractivity contribution >= 4 is 15.9 Å². The van der Waals surface area contributed by atoms with Gasteiger partial charge >= 0.3 is 0 Å². The van der Waals surface area contributed by atoms with Crippen molar-refractivity contribution in [1.29, 1.82) is 0 Å². The number of aryl methyl sites for hydroxylation is 2. The van der Waals surface area contributed by atoms with E-state index in [9.17, 15) is 0 Å². The fraction of sp³-hybridized carbons (Fsp3) is 0.786. The average Bonchev–Trinajstić information content (AvgIpc) is 2.66. The summed E-state index contributed by atoms with van der Waals surface area (Å²) >= 11 is 3.70. The Hall–Kier alpha value is -0.390. The van der Waals surface area contributed by atoms with Gasteiger partial charge in [0.2, 0.25) is 0 Å². The Balaban J connectivity index is 2.62. The van der Waals surface area contributed by atoms with Crippen molar-refractivity contribution in [3.8, 4) is 0 Å². The van der Waals surface area contributed by atoms with Crippen LogP contribution in [0.25, 0.3) is 0 Å². The van der Waals surface area contributed by atoms with Gasteiger partial charge in [-0.2, -0.15) is 5.10 Å². The van der Waals surface area contributed by atoms with Crippen LogP contribution in [0.3, 0.4) is 0 Å². The van der Waals surface area contributed by atoms with Gasteiger partial charge in [0.15, 0.2) is 0 Å². The fourth-order valence-electron chi connectivity index (χ4n) is 2.05. The van der Waals surface area contributed by atoms with E-state index in [2.05, 4.69) is 70.7 Å². The molecule has 4 nitrogen and oxygen atoms in total. The third kappa shape index (κ3) is 4.89. The van der Waals surface area contributed by atoms with Gasteiger partial charge in [0.05, 0.1) is 15.9 Å². The minimum absolute atomic E-state index is 0.549. The number of hydrogen-bond acceptors (Lipinski definition) is 3. The van der Waals surface area contributed by atoms with Crippen LogP contribution in [0.4, 0.5) is 0 Å². The number of aromatic nitrogens is 2. The molecule has 5 heteroatoms. The van der Waals surface area contributed by atoms with Gasteiger partial charge in [0, 0.05) is 32.2 Å². The third-order valence-electron chi connectivity index (χ3n) is 3.16. The number of rotatable bonds is 8. The summed E-state index contributed by atoms with van der Waals surface area (Å²) in [6, 6.07) is 0.549. The highest BCUT2D eigenvalue weighted by Crippen LogP contribution is 2.23. The molecule has 0 saturated carbocycles. The number of nitrogens with zero attached hydrogens (tertiary/aromatic N) is 3. The molecule has 110 valence electrons. The van der Waals surface area contributed by atoms with Gasteiger partial charge in [-0.3, -0.25) is 9.58 Å². The molecule has 0 fully saturated rings. The summed E-state index contributed by atoms with van der Waals surface area (Å²) in [6.07, 6.45) is 0.971. The molecule has 0 aliphatic rings. The molecule has 0 aliphatic carbocycles. The zero-order chi connectivity index (χ0) is 14.4. The fourth-order valence-corrected chi connectivity index (χ4v) is 2.74. The van der Waals surface area contributed by atoms with Crippen LogP contribution in [0.2, 0.25) is 0 Å². The Labute approximate surface area is 125 Å². The lowest BCUT2D eigenvalue weighted by Gasteiger charge is -2.18. The molecule has 0 unspecified atom stereocenters. The molecular weight excluding hydrogens is 304 g/mol. The molecule has 0 bridgehead atoms. The van der Waals surface area contributed by atoms with Crippen molar-refractivity contribution in [3.63, 3.8) is 0 Å². The lowest BCUT2D eigenvalue weighted by atomic mass is 10.3. The lowest BCUT2D eigenvalue weighted by Crippen LogP contribution is -2.33. The van der Waals surface area contributed by atoms with E-state index >= 15 is 0 Å². The first kappa shape index (κ1) is 16.7. The zero-order valence-corrected chi connectivity index (χ0v) is 14.4. The molecule has 0 radical (unpaired) electrons. The normalized spacial score (nSPS) is 11.8. The van der Waals surface area contributed by atoms with Crippen molar-refractivity contribution in [2.24, 2.45) is 0 Å². The second-order valence-electron chi connectivity index (χ2n) is 5.22. The summed E-state index contributed by atoms with van der Waals surface area (Å²) in [6.45, 7) is 12.6. The van der Waals surface area contributed by atoms with Crippen LogP contribution >= 0.6 is 15.9 Å². The molecule has 0 amide bonds. The monoisotopic (exact) mass is 330 g/mol. The second kappa shape index (κ2) is 8.02. The first-order valence-electron chi connectivity index (χ1n) is 7.15. The van der Waals surface area contributed by atoms with Crippen LogP contribution in [0.5, 0.6) is 0 Å². The van der Waals surface area contributed by atoms with Crippen LogP contribution in [-0.2, 0) is 19.5 Å². The molecule has 0 aromatic carbocycles. The summed E-state index contributed by atoms with van der Waals surface area (Å²) in [5, 5.41) is 8.08. The Morgan fingerprint density at radius 1 is 1.37 bits per heavy atom. The average molecular weight is 331 g/mol. The molecule has 1 aromatic heterocycles. The van der Waals surface area contributed by atoms with Crippen LogP contribution in [0.15, 0.2) is 4.47 Å². The third-order valence-corrected chi connectivity index (χ3v) is 4.08. The Morgan fingerprint density at radius 3 is 2.58 bits per heavy atom. The first-order chi connectivity index (χ1) is 8.99. The van der Waals surface area contributed by atoms with E-state index in [0.717, 1.165) is 38.3 Å². The largest absolute Gasteiger partial charge is 0.313 e. The van der Waals surface area contributed by atoms with E-state index in [1.165, 1.54) is 10.2 Å². The highest BCUT2D eigenvalue weighted by molar-refractivity contribution is 9.10. The minimum atomic E-state index is 0.549. The van der Waals surface area contributed by atoms with Crippen molar-refractivity contribution in [1.82, 2.24) is 20.0 Å². The second-order valence-corrected chi connectivity index (χ2v) is 6.02. The molecule has 1 heterocycles. The Morgan fingerprint density at radius 2 is 2.05 bits per heavy atom. The molecule has 1 aromatic rings. The molecule has 19 heavy (non-hydrogen) atoms. The summed E-state index contributed by atoms with van der Waals surface area (Å²) in [7, 11) is 2.16. The maximum atomic E-state index is 4.64. The van der Waals surface area contributed by atoms with Gasteiger partial charge < -0.3 is 5.32 Å². The maximum Gasteiger partial charge on any atom is 0.0767 e. The predicted molar refractivity (Wildman–Crippen MR) is 84.5 cm³/mol. The van der Waals surface area contributed by atoms with Gasteiger partial charge in [-0.25, -0.2) is 0 Å². The SMILES string of the molecule is CCc1nn(CC)c(CN(C)CCNC(C)C)c1Br. The standard InChI is InChI=1S/C14H27BrN4/c1-6-12-14(15)13(19(7-2)17-12)10-18(5)9-8-16-11(3)4/h11,16H,6-10H2,1-5H3. The van der Waals surface area contributed by atoms with E-state index in [1.54, 1.807) is 0 Å². The smallest absolute Gasteiger partial charge is 0.0767 e. The molecular formula is C14H27BrN4. The number of hydrogen-bond donors (Lipinski definition) is 1. The van der Waals surface area contributed by atoms with Gasteiger partial charge in [-0.1, -0.05) is 20.8 Å². The highest BCUT2D eigenvalue weighted by atomic mass is 79.9. The van der Waals surface area contributed by atoms with Crippen LogP contribution < -0.4 is 5.32 Å². The molecule has 0 saturated heterocycles. The maximum absolute atomic E-state index is 4.64. The topological polar surface area (TPSA) is 33.1 Å². The quantitative estimate of drug-likeness (QED) is 0.795. The zero-order valence-electron chi connectivity index (χ0n) is 12.8. The van der Waals surface area contributed by atoms with Crippen LogP contribution in [-0.4, -0.2) is 40.9 Å². The van der Waals surface area contributed by atoms with Crippen molar-refractivity contribution in [3.05, 3.63) is 15.9 Å². The molecule has 0 spiro atoms. The number of likely N-dealkylation sites (N-methyl/N-ethyl adjacent to an activating group) is 1. The molecule has 0 atom stereocenters. The Kier molecular flexibility index (Phi) is 7.04. The number of halogens is 1. The van der Waals surface area contributed by atoms with Gasteiger partial charge in [0.25, 0.3) is 0 Å². The van der Waals surface area contributed by atoms with Gasteiger partial charge in [0.1, 0.15) is 0 Å². The first-order valence-corrected chi connectivity index (χ1v) is 7.94. The summed E-state index contributed by atoms with van der Waals surface area (Å²) < 4.78 is 3.29. The van der Waals surface area contributed by atoms with E-state index in [1.807, 2.05) is 0 Å². The summed E-state index contributed by atoms with van der Waals surface area (Å²) in [5.41, 5.74) is 2.44. The van der Waals surface area contributed by atoms with Gasteiger partial charge in [-0.05, 0) is 36.3 Å². The Bertz CT molecular complexity index is 387. The number of nitrogens with one attached hydrogen (secondary N) is 1. The van der Waals surface area contributed by atoms with Crippen molar-refractivity contribution < 1.29 is 0 Å². The highest BCUT2D eigenvalue weighted by Gasteiger charge is 2.15. The van der Waals surface area contributed by atoms with E-state index < -0.39 is 0 Å². The van der Waals surface area contributed by atoms with E-state index in [0.29, 0.717) is 6.04 Å². The van der Waals surface area contributed by atoms with E-state index in [4.69, 9.17) is 0 Å². The van der Waals surface area contributed by atoms with Crippen LogP contribution in [0, 0.1) is 0 Å². The van der Waals surface area contributed by atoms with E-state index in [-0.39, 0.29) is 0 Å². The van der Waals surface area contributed by atoms with Crippen LogP contribution in [0.1, 0.15) is 39.1 Å². The predicted octanol–water partition coefficient (Wildman–Crippen LogP) is 2.66. The molecule has 1 N–H and O–H groups in total. The minimum Gasteiger partial charge on any atom is -0.313 e. The molecule has 0 aliphatic heterocycles. The molecule has 1 rings (SSSR count). The van der Waals surface area contributed by atoms with Crippen molar-refractivity contribution in [2.75, 3.05) is 20.1 Å².